The Bertz CT molecular complexity index is 1190. The molecule has 30 heavy (non-hydrogen) atoms. The van der Waals surface area contributed by atoms with Gasteiger partial charge in [0.05, 0.1) is 11.1 Å². The molecule has 0 aliphatic heterocycles. The largest absolute Gasteiger partial charge is 0.482 e. The van der Waals surface area contributed by atoms with Crippen LogP contribution in [0.15, 0.2) is 70.5 Å². The van der Waals surface area contributed by atoms with E-state index in [0.29, 0.717) is 5.56 Å². The van der Waals surface area contributed by atoms with E-state index < -0.39 is 28.1 Å². The number of halogens is 3. The summed E-state index contributed by atoms with van der Waals surface area (Å²) < 4.78 is 67.5. The van der Waals surface area contributed by atoms with Crippen molar-refractivity contribution in [2.75, 3.05) is 6.26 Å². The van der Waals surface area contributed by atoms with Crippen LogP contribution in [-0.2, 0) is 23.0 Å². The van der Waals surface area contributed by atoms with Crippen molar-refractivity contribution in [3.8, 4) is 16.9 Å². The topological polar surface area (TPSA) is 78.3 Å². The average Bonchev–Trinajstić information content (AvgIpc) is 2.68. The molecular formula is C20H17F3N2O4S. The van der Waals surface area contributed by atoms with Gasteiger partial charge in [-0.15, -0.1) is 0 Å². The van der Waals surface area contributed by atoms with Crippen LogP contribution in [0.2, 0.25) is 0 Å². The number of rotatable bonds is 6. The second-order valence-corrected chi connectivity index (χ2v) is 8.55. The third-order valence-electron chi connectivity index (χ3n) is 4.15. The number of aromatic nitrogens is 2. The molecule has 0 bridgehead atoms. The highest BCUT2D eigenvalue weighted by molar-refractivity contribution is 7.90. The van der Waals surface area contributed by atoms with Gasteiger partial charge in [0.2, 0.25) is 0 Å². The first kappa shape index (κ1) is 21.6. The highest BCUT2D eigenvalue weighted by Gasteiger charge is 2.30. The maximum atomic E-state index is 12.8. The molecule has 0 atom stereocenters. The van der Waals surface area contributed by atoms with Crippen molar-refractivity contribution in [1.82, 2.24) is 9.78 Å². The minimum atomic E-state index is -4.63. The number of alkyl halides is 3. The van der Waals surface area contributed by atoms with E-state index in [1.165, 1.54) is 24.3 Å². The van der Waals surface area contributed by atoms with Crippen LogP contribution in [-0.4, -0.2) is 30.6 Å². The predicted octanol–water partition coefficient (Wildman–Crippen LogP) is 3.46. The molecule has 1 aromatic heterocycles. The van der Waals surface area contributed by atoms with E-state index in [9.17, 15) is 26.4 Å². The third-order valence-corrected chi connectivity index (χ3v) is 5.28. The van der Waals surface area contributed by atoms with Crippen LogP contribution in [0, 0.1) is 0 Å². The molecule has 10 heteroatoms. The minimum Gasteiger partial charge on any atom is -0.482 e. The molecule has 0 aliphatic rings. The Balaban J connectivity index is 2.05. The van der Waals surface area contributed by atoms with Gasteiger partial charge < -0.3 is 4.74 Å². The summed E-state index contributed by atoms with van der Waals surface area (Å²) in [6.45, 7) is -1.60. The number of ether oxygens (including phenoxy) is 1. The number of hydrogen-bond acceptors (Lipinski definition) is 5. The van der Waals surface area contributed by atoms with Gasteiger partial charge in [0.25, 0.3) is 0 Å². The van der Waals surface area contributed by atoms with Gasteiger partial charge in [0.1, 0.15) is 13.2 Å². The van der Waals surface area contributed by atoms with E-state index in [-0.39, 0.29) is 27.5 Å². The molecule has 0 fully saturated rings. The van der Waals surface area contributed by atoms with Crippen LogP contribution in [0.25, 0.3) is 11.1 Å². The van der Waals surface area contributed by atoms with Gasteiger partial charge in [0.15, 0.2) is 15.6 Å². The van der Waals surface area contributed by atoms with Crippen LogP contribution in [0.5, 0.6) is 5.75 Å². The number of sulfone groups is 1. The molecular weight excluding hydrogens is 421 g/mol. The third kappa shape index (κ3) is 5.26. The zero-order valence-electron chi connectivity index (χ0n) is 15.8. The Morgan fingerprint density at radius 2 is 1.67 bits per heavy atom. The van der Waals surface area contributed by atoms with Gasteiger partial charge >= 0.3 is 11.7 Å². The molecule has 2 aromatic carbocycles. The smallest absolute Gasteiger partial charge is 0.408 e. The van der Waals surface area contributed by atoms with Gasteiger partial charge in [-0.05, 0) is 23.3 Å². The molecule has 1 heterocycles. The quantitative estimate of drug-likeness (QED) is 0.589. The van der Waals surface area contributed by atoms with Crippen LogP contribution in [0.1, 0.15) is 5.56 Å². The first-order valence-electron chi connectivity index (χ1n) is 8.69. The summed E-state index contributed by atoms with van der Waals surface area (Å²) in [5.41, 5.74) is 0.228. The van der Waals surface area contributed by atoms with E-state index in [1.54, 1.807) is 30.3 Å². The fourth-order valence-corrected chi connectivity index (χ4v) is 3.34. The molecule has 0 saturated carbocycles. The zero-order chi connectivity index (χ0) is 21.9. The zero-order valence-corrected chi connectivity index (χ0v) is 16.6. The standard InChI is InChI=1S/C20H17F3N2O4S/c1-30(27,28)16-9-7-15(8-10-16)17-11-24-25(13-20(21,22)23)19(26)18(17)29-12-14-5-3-2-4-6-14/h2-11H,12-13H2,1H3. The van der Waals surface area contributed by atoms with Crippen molar-refractivity contribution in [3.63, 3.8) is 0 Å². The molecule has 0 amide bonds. The van der Waals surface area contributed by atoms with Crippen LogP contribution in [0.4, 0.5) is 13.2 Å². The SMILES string of the molecule is CS(=O)(=O)c1ccc(-c2cnn(CC(F)(F)F)c(=O)c2OCc2ccccc2)cc1. The lowest BCUT2D eigenvalue weighted by Gasteiger charge is -2.14. The summed E-state index contributed by atoms with van der Waals surface area (Å²) in [6.07, 6.45) is -2.48. The summed E-state index contributed by atoms with van der Waals surface area (Å²) in [6, 6.07) is 14.4. The molecule has 0 saturated heterocycles. The van der Waals surface area contributed by atoms with Gasteiger partial charge in [-0.2, -0.15) is 18.3 Å². The molecule has 0 unspecified atom stereocenters. The van der Waals surface area contributed by atoms with Gasteiger partial charge in [-0.3, -0.25) is 4.79 Å². The lowest BCUT2D eigenvalue weighted by atomic mass is 10.1. The maximum absolute atomic E-state index is 12.8. The first-order valence-corrected chi connectivity index (χ1v) is 10.6. The molecule has 3 rings (SSSR count). The van der Waals surface area contributed by atoms with E-state index in [1.807, 2.05) is 0 Å². The number of hydrogen-bond donors (Lipinski definition) is 0. The molecule has 0 spiro atoms. The Hall–Kier alpha value is -3.14. The maximum Gasteiger partial charge on any atom is 0.408 e. The fraction of sp³-hybridized carbons (Fsp3) is 0.200. The highest BCUT2D eigenvalue weighted by atomic mass is 32.2. The van der Waals surface area contributed by atoms with Crippen molar-refractivity contribution in [1.29, 1.82) is 0 Å². The van der Waals surface area contributed by atoms with Crippen LogP contribution in [0.3, 0.4) is 0 Å². The van der Waals surface area contributed by atoms with E-state index in [2.05, 4.69) is 5.10 Å². The Kier molecular flexibility index (Phi) is 5.97. The van der Waals surface area contributed by atoms with Crippen molar-refractivity contribution >= 4 is 9.84 Å². The van der Waals surface area contributed by atoms with Crippen molar-refractivity contribution in [3.05, 3.63) is 76.7 Å². The number of benzene rings is 2. The second-order valence-electron chi connectivity index (χ2n) is 6.54. The lowest BCUT2D eigenvalue weighted by molar-refractivity contribution is -0.143. The van der Waals surface area contributed by atoms with Gasteiger partial charge in [-0.25, -0.2) is 13.1 Å². The number of nitrogens with zero attached hydrogens (tertiary/aromatic N) is 2. The van der Waals surface area contributed by atoms with Gasteiger partial charge in [0, 0.05) is 11.8 Å². The summed E-state index contributed by atoms with van der Waals surface area (Å²) in [4.78, 5) is 12.7. The molecule has 3 aromatic rings. The Morgan fingerprint density at radius 3 is 2.23 bits per heavy atom. The van der Waals surface area contributed by atoms with E-state index in [4.69, 9.17) is 4.74 Å². The fourth-order valence-electron chi connectivity index (χ4n) is 2.71. The Morgan fingerprint density at radius 1 is 1.03 bits per heavy atom. The first-order chi connectivity index (χ1) is 14.0. The molecule has 6 nitrogen and oxygen atoms in total. The van der Waals surface area contributed by atoms with Crippen molar-refractivity contribution in [2.24, 2.45) is 0 Å². The predicted molar refractivity (Wildman–Crippen MR) is 104 cm³/mol. The summed E-state index contributed by atoms with van der Waals surface area (Å²) in [5, 5.41) is 3.61. The monoisotopic (exact) mass is 438 g/mol. The van der Waals surface area contributed by atoms with Gasteiger partial charge in [-0.1, -0.05) is 42.5 Å². The van der Waals surface area contributed by atoms with E-state index >= 15 is 0 Å². The van der Waals surface area contributed by atoms with Crippen LogP contribution < -0.4 is 10.3 Å². The highest BCUT2D eigenvalue weighted by Crippen LogP contribution is 2.28. The molecule has 0 aliphatic carbocycles. The van der Waals surface area contributed by atoms with Crippen molar-refractivity contribution in [2.45, 2.75) is 24.2 Å². The average molecular weight is 438 g/mol. The Labute approximate surface area is 170 Å². The summed E-state index contributed by atoms with van der Waals surface area (Å²) >= 11 is 0. The second kappa shape index (κ2) is 8.31. The van der Waals surface area contributed by atoms with Crippen molar-refractivity contribution < 1.29 is 26.3 Å². The molecule has 158 valence electrons. The lowest BCUT2D eigenvalue weighted by Crippen LogP contribution is -2.31. The normalized spacial score (nSPS) is 12.0. The van der Waals surface area contributed by atoms with E-state index in [0.717, 1.165) is 18.0 Å². The summed E-state index contributed by atoms with van der Waals surface area (Å²) in [7, 11) is -3.43. The molecule has 0 radical (unpaired) electrons. The van der Waals surface area contributed by atoms with Crippen LogP contribution >= 0.6 is 0 Å². The minimum absolute atomic E-state index is 0.0411. The molecule has 0 N–H and O–H groups in total. The summed E-state index contributed by atoms with van der Waals surface area (Å²) in [5.74, 6) is -0.301.